The lowest BCUT2D eigenvalue weighted by molar-refractivity contribution is 0.0281. The van der Waals surface area contributed by atoms with E-state index in [4.69, 9.17) is 9.47 Å². The maximum atomic E-state index is 14.2. The summed E-state index contributed by atoms with van der Waals surface area (Å²) in [5, 5.41) is 0. The Kier molecular flexibility index (Phi) is 6.68. The Balaban J connectivity index is 1.18. The number of ether oxygens (including phenoxy) is 2. The molecule has 7 nitrogen and oxygen atoms in total. The highest BCUT2D eigenvalue weighted by Crippen LogP contribution is 2.39. The molecule has 1 aromatic rings. The van der Waals surface area contributed by atoms with Crippen molar-refractivity contribution in [2.45, 2.75) is 62.0 Å². The van der Waals surface area contributed by atoms with Gasteiger partial charge in [0.1, 0.15) is 5.60 Å². The lowest BCUT2D eigenvalue weighted by Gasteiger charge is -2.41. The van der Waals surface area contributed by atoms with Crippen molar-refractivity contribution in [2.75, 3.05) is 39.0 Å². The number of nitrogens with zero attached hydrogens (tertiary/aromatic N) is 2. The highest BCUT2D eigenvalue weighted by molar-refractivity contribution is 7.90. The number of amides is 1. The molecule has 3 aliphatic rings. The molecule has 0 aromatic heterocycles. The molecule has 0 spiro atoms. The molecule has 178 valence electrons. The molecule has 32 heavy (non-hydrogen) atoms. The maximum absolute atomic E-state index is 14.2. The number of rotatable bonds is 6. The van der Waals surface area contributed by atoms with Crippen LogP contribution in [0.1, 0.15) is 45.4 Å². The van der Waals surface area contributed by atoms with Crippen LogP contribution in [0.25, 0.3) is 0 Å². The van der Waals surface area contributed by atoms with Crippen molar-refractivity contribution in [1.82, 2.24) is 9.80 Å². The Bertz CT molecular complexity index is 934. The van der Waals surface area contributed by atoms with Crippen LogP contribution in [-0.4, -0.2) is 75.0 Å². The van der Waals surface area contributed by atoms with E-state index in [-0.39, 0.29) is 22.3 Å². The van der Waals surface area contributed by atoms with Gasteiger partial charge in [-0.15, -0.1) is 0 Å². The van der Waals surface area contributed by atoms with Gasteiger partial charge in [0, 0.05) is 38.5 Å². The molecular formula is C23H33FN2O5S. The minimum Gasteiger partial charge on any atom is -0.490 e. The quantitative estimate of drug-likeness (QED) is 0.636. The number of carbonyl (C=O) groups is 1. The summed E-state index contributed by atoms with van der Waals surface area (Å²) in [6.45, 7) is 5.58. The van der Waals surface area contributed by atoms with Crippen LogP contribution in [-0.2, 0) is 14.6 Å². The van der Waals surface area contributed by atoms with Gasteiger partial charge in [-0.1, -0.05) is 0 Å². The van der Waals surface area contributed by atoms with Crippen molar-refractivity contribution in [3.8, 4) is 5.75 Å². The maximum Gasteiger partial charge on any atom is 0.410 e. The highest BCUT2D eigenvalue weighted by Gasteiger charge is 2.43. The standard InChI is InChI=1S/C23H33FN2O5S/c1-23(9-10-23)31-22(27)26-13-11-25(12-14-26)18-5-3-17(4-6-18)16-30-21-8-7-19(15-20(21)24)32(2,28)29/h7-8,15,17-18H,3-6,9-14,16H2,1-2H3. The van der Waals surface area contributed by atoms with Crippen LogP contribution in [0, 0.1) is 11.7 Å². The third-order valence-electron chi connectivity index (χ3n) is 7.00. The lowest BCUT2D eigenvalue weighted by Crippen LogP contribution is -2.53. The number of halogens is 1. The first-order valence-corrected chi connectivity index (χ1v) is 13.4. The van der Waals surface area contributed by atoms with Gasteiger partial charge >= 0.3 is 6.09 Å². The van der Waals surface area contributed by atoms with Crippen LogP contribution in [0.2, 0.25) is 0 Å². The van der Waals surface area contributed by atoms with E-state index < -0.39 is 15.7 Å². The van der Waals surface area contributed by atoms with Crippen molar-refractivity contribution in [3.05, 3.63) is 24.0 Å². The number of piperazine rings is 1. The van der Waals surface area contributed by atoms with E-state index in [0.717, 1.165) is 63.9 Å². The topological polar surface area (TPSA) is 76.2 Å². The summed E-state index contributed by atoms with van der Waals surface area (Å²) in [4.78, 5) is 16.5. The number of hydrogen-bond acceptors (Lipinski definition) is 6. The number of benzene rings is 1. The monoisotopic (exact) mass is 468 g/mol. The van der Waals surface area contributed by atoms with E-state index in [1.807, 2.05) is 11.8 Å². The van der Waals surface area contributed by atoms with Crippen LogP contribution >= 0.6 is 0 Å². The molecule has 2 saturated carbocycles. The Morgan fingerprint density at radius 3 is 2.34 bits per heavy atom. The fourth-order valence-corrected chi connectivity index (χ4v) is 5.17. The van der Waals surface area contributed by atoms with E-state index in [1.165, 1.54) is 12.1 Å². The molecule has 0 bridgehead atoms. The molecule has 1 aliphatic heterocycles. The summed E-state index contributed by atoms with van der Waals surface area (Å²) in [5.41, 5.74) is -0.229. The summed E-state index contributed by atoms with van der Waals surface area (Å²) in [7, 11) is -3.44. The second kappa shape index (κ2) is 9.17. The van der Waals surface area contributed by atoms with E-state index in [2.05, 4.69) is 4.90 Å². The smallest absolute Gasteiger partial charge is 0.410 e. The molecule has 0 N–H and O–H groups in total. The summed E-state index contributed by atoms with van der Waals surface area (Å²) in [6, 6.07) is 4.30. The average molecular weight is 469 g/mol. The number of sulfone groups is 1. The Morgan fingerprint density at radius 1 is 1.12 bits per heavy atom. The third-order valence-corrected chi connectivity index (χ3v) is 8.11. The molecule has 1 heterocycles. The predicted molar refractivity (Wildman–Crippen MR) is 118 cm³/mol. The zero-order valence-electron chi connectivity index (χ0n) is 18.9. The SMILES string of the molecule is CC1(OC(=O)N2CCN(C3CCC(COc4ccc(S(C)(=O)=O)cc4F)CC3)CC2)CC1. The van der Waals surface area contributed by atoms with Gasteiger partial charge in [0.25, 0.3) is 0 Å². The molecule has 1 aromatic carbocycles. The molecule has 4 rings (SSSR count). The summed E-state index contributed by atoms with van der Waals surface area (Å²) in [5.74, 6) is -0.188. The molecule has 0 radical (unpaired) electrons. The first-order valence-electron chi connectivity index (χ1n) is 11.5. The molecule has 0 unspecified atom stereocenters. The Labute approximate surface area is 189 Å². The minimum absolute atomic E-state index is 0.0436. The van der Waals surface area contributed by atoms with E-state index in [0.29, 0.717) is 31.7 Å². The fourth-order valence-electron chi connectivity index (χ4n) is 4.54. The molecule has 1 saturated heterocycles. The largest absolute Gasteiger partial charge is 0.490 e. The van der Waals surface area contributed by atoms with Crippen LogP contribution in [0.15, 0.2) is 23.1 Å². The second-order valence-corrected chi connectivity index (χ2v) is 11.7. The minimum atomic E-state index is -3.44. The van der Waals surface area contributed by atoms with Gasteiger partial charge in [-0.05, 0) is 69.6 Å². The van der Waals surface area contributed by atoms with Crippen molar-refractivity contribution >= 4 is 15.9 Å². The summed E-state index contributed by atoms with van der Waals surface area (Å²) >= 11 is 0. The zero-order valence-corrected chi connectivity index (χ0v) is 19.7. The van der Waals surface area contributed by atoms with Crippen molar-refractivity contribution < 1.29 is 27.1 Å². The third kappa shape index (κ3) is 5.73. The second-order valence-electron chi connectivity index (χ2n) is 9.69. The van der Waals surface area contributed by atoms with Gasteiger partial charge in [0.05, 0.1) is 11.5 Å². The first-order chi connectivity index (χ1) is 15.1. The summed E-state index contributed by atoms with van der Waals surface area (Å²) in [6.07, 6.45) is 6.94. The molecule has 1 amide bonds. The number of hydrogen-bond donors (Lipinski definition) is 0. The van der Waals surface area contributed by atoms with Gasteiger partial charge in [-0.25, -0.2) is 17.6 Å². The summed E-state index contributed by atoms with van der Waals surface area (Å²) < 4.78 is 48.5. The van der Waals surface area contributed by atoms with E-state index in [1.54, 1.807) is 0 Å². The van der Waals surface area contributed by atoms with Gasteiger partial charge < -0.3 is 14.4 Å². The van der Waals surface area contributed by atoms with E-state index in [9.17, 15) is 17.6 Å². The first kappa shape index (κ1) is 23.3. The van der Waals surface area contributed by atoms with Crippen LogP contribution in [0.5, 0.6) is 5.75 Å². The Morgan fingerprint density at radius 2 is 1.78 bits per heavy atom. The molecule has 3 fully saturated rings. The molecular weight excluding hydrogens is 435 g/mol. The van der Waals surface area contributed by atoms with E-state index >= 15 is 0 Å². The fraction of sp³-hybridized carbons (Fsp3) is 0.696. The average Bonchev–Trinajstić information content (AvgIpc) is 3.49. The zero-order chi connectivity index (χ0) is 22.9. The molecule has 2 aliphatic carbocycles. The predicted octanol–water partition coefficient (Wildman–Crippen LogP) is 3.47. The normalized spacial score (nSPS) is 25.9. The highest BCUT2D eigenvalue weighted by atomic mass is 32.2. The molecule has 9 heteroatoms. The van der Waals surface area contributed by atoms with Crippen molar-refractivity contribution in [1.29, 1.82) is 0 Å². The van der Waals surface area contributed by atoms with Crippen LogP contribution < -0.4 is 4.74 Å². The lowest BCUT2D eigenvalue weighted by atomic mass is 9.85. The number of carbonyl (C=O) groups excluding carboxylic acids is 1. The van der Waals surface area contributed by atoms with Gasteiger partial charge in [0.2, 0.25) is 0 Å². The Hall–Kier alpha value is -1.87. The molecule has 0 atom stereocenters. The van der Waals surface area contributed by atoms with Gasteiger partial charge in [-0.2, -0.15) is 0 Å². The van der Waals surface area contributed by atoms with Crippen molar-refractivity contribution in [3.63, 3.8) is 0 Å². The van der Waals surface area contributed by atoms with Crippen molar-refractivity contribution in [2.24, 2.45) is 5.92 Å². The van der Waals surface area contributed by atoms with Crippen LogP contribution in [0.4, 0.5) is 9.18 Å². The van der Waals surface area contributed by atoms with Gasteiger partial charge in [0.15, 0.2) is 21.4 Å². The van der Waals surface area contributed by atoms with Crippen LogP contribution in [0.3, 0.4) is 0 Å². The van der Waals surface area contributed by atoms with Gasteiger partial charge in [-0.3, -0.25) is 4.90 Å².